The number of rotatable bonds is 8. The molecule has 2 aromatic rings. The van der Waals surface area contributed by atoms with Crippen molar-refractivity contribution in [2.24, 2.45) is 11.7 Å². The Labute approximate surface area is 192 Å². The Morgan fingerprint density at radius 1 is 1.12 bits per heavy atom. The first-order valence-corrected chi connectivity index (χ1v) is 10.7. The molecule has 0 saturated heterocycles. The zero-order chi connectivity index (χ0) is 24.1. The van der Waals surface area contributed by atoms with Gasteiger partial charge in [0, 0.05) is 17.0 Å². The number of carbonyl (C=O) groups is 2. The van der Waals surface area contributed by atoms with Crippen LogP contribution in [-0.4, -0.2) is 40.1 Å². The average Bonchev–Trinajstić information content (AvgIpc) is 3.18. The molecule has 32 heavy (non-hydrogen) atoms. The lowest BCUT2D eigenvalue weighted by Crippen LogP contribution is -2.27. The van der Waals surface area contributed by atoms with E-state index in [0.29, 0.717) is 18.8 Å². The van der Waals surface area contributed by atoms with E-state index in [1.54, 1.807) is 11.3 Å². The molecule has 1 aromatic carbocycles. The number of hydrogen-bond donors (Lipinski definition) is 4. The van der Waals surface area contributed by atoms with Crippen molar-refractivity contribution in [2.45, 2.75) is 39.8 Å². The van der Waals surface area contributed by atoms with Gasteiger partial charge >= 0.3 is 11.9 Å². The third-order valence-electron chi connectivity index (χ3n) is 4.46. The lowest BCUT2D eigenvalue weighted by Gasteiger charge is -2.12. The number of carboxylic acids is 2. The van der Waals surface area contributed by atoms with Gasteiger partial charge in [0.1, 0.15) is 18.6 Å². The number of aryl methyl sites for hydroxylation is 3. The van der Waals surface area contributed by atoms with Crippen molar-refractivity contribution >= 4 is 23.3 Å². The third kappa shape index (κ3) is 11.3. The first-order chi connectivity index (χ1) is 15.1. The van der Waals surface area contributed by atoms with Gasteiger partial charge in [0.25, 0.3) is 0 Å². The van der Waals surface area contributed by atoms with Crippen LogP contribution in [0.5, 0.6) is 5.75 Å². The molecule has 1 heterocycles. The Kier molecular flexibility index (Phi) is 11.8. The van der Waals surface area contributed by atoms with Gasteiger partial charge in [-0.2, -0.15) is 0 Å². The highest BCUT2D eigenvalue weighted by Gasteiger charge is 2.09. The molecule has 2 atom stereocenters. The van der Waals surface area contributed by atoms with E-state index in [0.717, 1.165) is 23.5 Å². The van der Waals surface area contributed by atoms with Crippen molar-refractivity contribution in [1.82, 2.24) is 0 Å². The van der Waals surface area contributed by atoms with E-state index < -0.39 is 18.2 Å². The van der Waals surface area contributed by atoms with Crippen LogP contribution in [0.25, 0.3) is 0 Å². The highest BCUT2D eigenvalue weighted by molar-refractivity contribution is 7.12. The molecule has 7 nitrogen and oxygen atoms in total. The minimum Gasteiger partial charge on any atom is -0.481 e. The smallest absolute Gasteiger partial charge is 0.328 e. The average molecular weight is 460 g/mol. The van der Waals surface area contributed by atoms with E-state index in [4.69, 9.17) is 20.7 Å². The summed E-state index contributed by atoms with van der Waals surface area (Å²) >= 11 is 1.69. The van der Waals surface area contributed by atoms with E-state index in [-0.39, 0.29) is 5.92 Å². The maximum Gasteiger partial charge on any atom is 0.328 e. The molecular weight excluding hydrogens is 430 g/mol. The number of aliphatic hydroxyl groups is 1. The predicted molar refractivity (Wildman–Crippen MR) is 125 cm³/mol. The van der Waals surface area contributed by atoms with Gasteiger partial charge in [-0.1, -0.05) is 24.8 Å². The number of aliphatic carboxylic acids is 2. The largest absolute Gasteiger partial charge is 0.481 e. The number of carboxylic acid groups (broad SMARTS) is 2. The van der Waals surface area contributed by atoms with E-state index >= 15 is 0 Å². The Hall–Kier alpha value is -3.12. The van der Waals surface area contributed by atoms with Gasteiger partial charge in [-0.3, -0.25) is 0 Å². The Morgan fingerprint density at radius 2 is 1.78 bits per heavy atom. The molecule has 2 rings (SSSR count). The van der Waals surface area contributed by atoms with Crippen LogP contribution in [0.3, 0.4) is 0 Å². The number of thiophene rings is 1. The minimum absolute atomic E-state index is 0.105. The van der Waals surface area contributed by atoms with Crippen molar-refractivity contribution in [3.8, 4) is 17.6 Å². The van der Waals surface area contributed by atoms with E-state index in [2.05, 4.69) is 37.8 Å². The molecule has 0 fully saturated rings. The fraction of sp³-hybridized carbons (Fsp3) is 0.333. The van der Waals surface area contributed by atoms with Crippen LogP contribution in [-0.2, 0) is 16.0 Å². The Morgan fingerprint density at radius 3 is 2.34 bits per heavy atom. The molecule has 0 aliphatic carbocycles. The Bertz CT molecular complexity index is 968. The summed E-state index contributed by atoms with van der Waals surface area (Å²) in [6.07, 6.45) is 2.17. The van der Waals surface area contributed by atoms with E-state index in [9.17, 15) is 14.7 Å². The second kappa shape index (κ2) is 14.0. The monoisotopic (exact) mass is 459 g/mol. The SMILES string of the molecule is Cc1ccc(OCC#Cc2ccc(CC[C@@H](C)C(N)O)s2)cc1C.O=C(O)/C=C\C(=O)O. The summed E-state index contributed by atoms with van der Waals surface area (Å²) in [6.45, 7) is 6.50. The summed E-state index contributed by atoms with van der Waals surface area (Å²) < 4.78 is 5.67. The summed E-state index contributed by atoms with van der Waals surface area (Å²) in [5, 5.41) is 24.9. The molecule has 8 heteroatoms. The fourth-order valence-electron chi connectivity index (χ4n) is 2.31. The molecule has 172 valence electrons. The number of ether oxygens (including phenoxy) is 1. The summed E-state index contributed by atoms with van der Waals surface area (Å²) in [5.74, 6) is 4.65. The van der Waals surface area contributed by atoms with Crippen molar-refractivity contribution in [3.05, 3.63) is 63.4 Å². The van der Waals surface area contributed by atoms with Crippen LogP contribution < -0.4 is 10.5 Å². The normalized spacial score (nSPS) is 12.2. The van der Waals surface area contributed by atoms with Crippen LogP contribution in [0.15, 0.2) is 42.5 Å². The van der Waals surface area contributed by atoms with Crippen LogP contribution in [0.4, 0.5) is 0 Å². The third-order valence-corrected chi connectivity index (χ3v) is 5.52. The van der Waals surface area contributed by atoms with Crippen LogP contribution in [0.1, 0.15) is 34.2 Å². The van der Waals surface area contributed by atoms with Gasteiger partial charge in [-0.25, -0.2) is 9.59 Å². The van der Waals surface area contributed by atoms with Crippen molar-refractivity contribution < 1.29 is 29.6 Å². The maximum atomic E-state index is 9.55. The zero-order valence-corrected chi connectivity index (χ0v) is 19.2. The van der Waals surface area contributed by atoms with Crippen molar-refractivity contribution in [2.75, 3.05) is 6.61 Å². The number of hydrogen-bond acceptors (Lipinski definition) is 6. The molecule has 0 aliphatic rings. The second-order valence-electron chi connectivity index (χ2n) is 7.12. The van der Waals surface area contributed by atoms with Crippen molar-refractivity contribution in [1.29, 1.82) is 0 Å². The van der Waals surface area contributed by atoms with Crippen LogP contribution in [0, 0.1) is 31.6 Å². The lowest BCUT2D eigenvalue weighted by molar-refractivity contribution is -0.134. The number of aliphatic hydroxyl groups excluding tert-OH is 1. The topological polar surface area (TPSA) is 130 Å². The molecule has 1 aromatic heterocycles. The first-order valence-electron chi connectivity index (χ1n) is 9.93. The predicted octanol–water partition coefficient (Wildman–Crippen LogP) is 3.35. The molecule has 0 saturated carbocycles. The molecule has 0 radical (unpaired) electrons. The zero-order valence-electron chi connectivity index (χ0n) is 18.4. The Balaban J connectivity index is 0.000000547. The molecule has 0 amide bonds. The van der Waals surface area contributed by atoms with Gasteiger partial charge in [-0.15, -0.1) is 11.3 Å². The molecule has 1 unspecified atom stereocenters. The molecule has 0 spiro atoms. The quantitative estimate of drug-likeness (QED) is 0.270. The molecule has 0 aliphatic heterocycles. The molecular formula is C24H29NO6S. The summed E-state index contributed by atoms with van der Waals surface area (Å²) in [5.41, 5.74) is 7.96. The lowest BCUT2D eigenvalue weighted by atomic mass is 10.0. The van der Waals surface area contributed by atoms with Gasteiger partial charge < -0.3 is 25.8 Å². The van der Waals surface area contributed by atoms with Gasteiger partial charge in [0.2, 0.25) is 0 Å². The van der Waals surface area contributed by atoms with Gasteiger partial charge in [-0.05, 0) is 68.0 Å². The minimum atomic E-state index is -1.26. The summed E-state index contributed by atoms with van der Waals surface area (Å²) in [6, 6.07) is 10.2. The molecule has 5 N–H and O–H groups in total. The van der Waals surface area contributed by atoms with E-state index in [1.807, 2.05) is 25.1 Å². The summed E-state index contributed by atoms with van der Waals surface area (Å²) in [7, 11) is 0. The second-order valence-corrected chi connectivity index (χ2v) is 8.29. The number of nitrogens with two attached hydrogens (primary N) is 1. The standard InChI is InChI=1S/C20H25NO2S.C4H4O4/c1-14-6-8-17(13-16(14)3)23-12-4-5-18-10-11-19(24-18)9-7-15(2)20(21)22;5-3(6)1-2-4(7)8/h6,8,10-11,13,15,20,22H,7,9,12,21H2,1-3H3;1-2H,(H,5,6)(H,7,8)/b;2-1-/t15-,20?;/m1./s1. The van der Waals surface area contributed by atoms with Crippen LogP contribution >= 0.6 is 11.3 Å². The first kappa shape index (κ1) is 26.9. The maximum absolute atomic E-state index is 9.55. The van der Waals surface area contributed by atoms with Crippen LogP contribution in [0.2, 0.25) is 0 Å². The van der Waals surface area contributed by atoms with Gasteiger partial charge in [0.05, 0.1) is 4.88 Å². The highest BCUT2D eigenvalue weighted by Crippen LogP contribution is 2.20. The fourth-order valence-corrected chi connectivity index (χ4v) is 3.21. The summed E-state index contributed by atoms with van der Waals surface area (Å²) in [4.78, 5) is 21.4. The molecule has 0 bridgehead atoms. The van der Waals surface area contributed by atoms with Gasteiger partial charge in [0.15, 0.2) is 0 Å². The van der Waals surface area contributed by atoms with E-state index in [1.165, 1.54) is 16.0 Å². The number of benzene rings is 1. The van der Waals surface area contributed by atoms with Crippen molar-refractivity contribution in [3.63, 3.8) is 0 Å². The highest BCUT2D eigenvalue weighted by atomic mass is 32.1.